The number of aliphatic carboxylic acids is 1. The molecule has 1 heterocycles. The molecule has 6 heteroatoms. The smallest absolute Gasteiger partial charge is 0.309 e. The van der Waals surface area contributed by atoms with E-state index in [0.717, 1.165) is 0 Å². The first kappa shape index (κ1) is 14.6. The van der Waals surface area contributed by atoms with E-state index < -0.39 is 11.4 Å². The lowest BCUT2D eigenvalue weighted by Crippen LogP contribution is -2.31. The summed E-state index contributed by atoms with van der Waals surface area (Å²) >= 11 is 3.18. The van der Waals surface area contributed by atoms with Gasteiger partial charge in [-0.05, 0) is 48.3 Å². The molecule has 1 aromatic rings. The molecule has 0 saturated carbocycles. The Hall–Kier alpha value is -1.43. The zero-order valence-electron chi connectivity index (χ0n) is 10.2. The summed E-state index contributed by atoms with van der Waals surface area (Å²) in [5.41, 5.74) is -0.350. The fourth-order valence-corrected chi connectivity index (χ4v) is 1.61. The minimum atomic E-state index is -0.872. The first-order valence-electron chi connectivity index (χ1n) is 5.46. The third kappa shape index (κ3) is 4.10. The maximum Gasteiger partial charge on any atom is 0.309 e. The van der Waals surface area contributed by atoms with Crippen LogP contribution in [0.1, 0.15) is 30.6 Å². The Bertz CT molecular complexity index is 460. The molecule has 0 aromatic carbocycles. The summed E-state index contributed by atoms with van der Waals surface area (Å²) in [5.74, 6) is -1.11. The molecule has 0 saturated heterocycles. The first-order valence-corrected chi connectivity index (χ1v) is 6.25. The van der Waals surface area contributed by atoms with Gasteiger partial charge in [0, 0.05) is 18.3 Å². The molecule has 0 aliphatic rings. The molecule has 0 atom stereocenters. The van der Waals surface area contributed by atoms with Crippen molar-refractivity contribution < 1.29 is 14.7 Å². The summed E-state index contributed by atoms with van der Waals surface area (Å²) in [4.78, 5) is 26.6. The zero-order valence-corrected chi connectivity index (χ0v) is 11.8. The molecular weight excluding hydrogens is 300 g/mol. The molecule has 0 aliphatic heterocycles. The van der Waals surface area contributed by atoms with E-state index in [1.54, 1.807) is 26.0 Å². The number of nitrogens with one attached hydrogen (secondary N) is 1. The van der Waals surface area contributed by atoms with Gasteiger partial charge in [-0.15, -0.1) is 0 Å². The van der Waals surface area contributed by atoms with Crippen LogP contribution in [0, 0.1) is 5.41 Å². The van der Waals surface area contributed by atoms with Crippen LogP contribution in [0.3, 0.4) is 0 Å². The van der Waals surface area contributed by atoms with Crippen molar-refractivity contribution in [1.82, 2.24) is 10.3 Å². The summed E-state index contributed by atoms with van der Waals surface area (Å²) in [6, 6.07) is 3.21. The minimum Gasteiger partial charge on any atom is -0.481 e. The van der Waals surface area contributed by atoms with Crippen LogP contribution in [-0.4, -0.2) is 28.5 Å². The van der Waals surface area contributed by atoms with Gasteiger partial charge in [0.05, 0.1) is 5.41 Å². The van der Waals surface area contributed by atoms with E-state index in [9.17, 15) is 9.59 Å². The molecule has 1 aromatic heterocycles. The molecule has 0 radical (unpaired) electrons. The van der Waals surface area contributed by atoms with E-state index in [0.29, 0.717) is 23.1 Å². The number of carboxylic acids is 1. The summed E-state index contributed by atoms with van der Waals surface area (Å²) in [6.07, 6.45) is 1.90. The molecule has 0 aliphatic carbocycles. The summed E-state index contributed by atoms with van der Waals surface area (Å²) < 4.78 is 0.584. The fraction of sp³-hybridized carbons (Fsp3) is 0.417. The summed E-state index contributed by atoms with van der Waals surface area (Å²) in [7, 11) is 0. The van der Waals surface area contributed by atoms with Crippen LogP contribution in [0.5, 0.6) is 0 Å². The molecule has 0 fully saturated rings. The third-order valence-electron chi connectivity index (χ3n) is 2.60. The monoisotopic (exact) mass is 314 g/mol. The number of rotatable bonds is 5. The van der Waals surface area contributed by atoms with Crippen LogP contribution >= 0.6 is 15.9 Å². The quantitative estimate of drug-likeness (QED) is 0.815. The standard InChI is InChI=1S/C12H15BrN2O3/c1-12(2,11(17)18)4-6-15-10(16)8-3-5-14-9(13)7-8/h3,5,7H,4,6H2,1-2H3,(H,15,16)(H,17,18). The van der Waals surface area contributed by atoms with Crippen molar-refractivity contribution in [3.8, 4) is 0 Å². The number of carbonyl (C=O) groups is 2. The number of amides is 1. The van der Waals surface area contributed by atoms with Crippen molar-refractivity contribution in [2.24, 2.45) is 5.41 Å². The lowest BCUT2D eigenvalue weighted by molar-refractivity contribution is -0.147. The van der Waals surface area contributed by atoms with E-state index in [1.807, 2.05) is 0 Å². The molecule has 1 amide bonds. The summed E-state index contributed by atoms with van der Waals surface area (Å²) in [5, 5.41) is 11.6. The highest BCUT2D eigenvalue weighted by Gasteiger charge is 2.26. The van der Waals surface area contributed by atoms with Crippen molar-refractivity contribution in [2.75, 3.05) is 6.54 Å². The number of pyridine rings is 1. The molecule has 98 valence electrons. The average molecular weight is 315 g/mol. The molecule has 1 rings (SSSR count). The van der Waals surface area contributed by atoms with Crippen molar-refractivity contribution in [3.63, 3.8) is 0 Å². The Balaban J connectivity index is 2.50. The van der Waals surface area contributed by atoms with E-state index in [2.05, 4.69) is 26.2 Å². The second kappa shape index (κ2) is 5.95. The average Bonchev–Trinajstić information content (AvgIpc) is 2.28. The zero-order chi connectivity index (χ0) is 13.8. The Morgan fingerprint density at radius 3 is 2.72 bits per heavy atom. The lowest BCUT2D eigenvalue weighted by atomic mass is 9.90. The normalized spacial score (nSPS) is 11.1. The lowest BCUT2D eigenvalue weighted by Gasteiger charge is -2.18. The van der Waals surface area contributed by atoms with E-state index in [4.69, 9.17) is 5.11 Å². The van der Waals surface area contributed by atoms with Crippen molar-refractivity contribution in [1.29, 1.82) is 0 Å². The Labute approximate surface area is 114 Å². The van der Waals surface area contributed by atoms with Gasteiger partial charge in [0.2, 0.25) is 0 Å². The van der Waals surface area contributed by atoms with Gasteiger partial charge in [-0.1, -0.05) is 0 Å². The SMILES string of the molecule is CC(C)(CCNC(=O)c1ccnc(Br)c1)C(=O)O. The number of carboxylic acid groups (broad SMARTS) is 1. The predicted octanol–water partition coefficient (Wildman–Crippen LogP) is 2.07. The second-order valence-electron chi connectivity index (χ2n) is 4.56. The van der Waals surface area contributed by atoms with Gasteiger partial charge in [0.15, 0.2) is 0 Å². The van der Waals surface area contributed by atoms with Crippen molar-refractivity contribution in [2.45, 2.75) is 20.3 Å². The molecule has 2 N–H and O–H groups in total. The fourth-order valence-electron chi connectivity index (χ4n) is 1.24. The van der Waals surface area contributed by atoms with Gasteiger partial charge >= 0.3 is 5.97 Å². The Kier molecular flexibility index (Phi) is 4.84. The maximum absolute atomic E-state index is 11.7. The number of aromatic nitrogens is 1. The van der Waals surface area contributed by atoms with Crippen LogP contribution in [0.2, 0.25) is 0 Å². The third-order valence-corrected chi connectivity index (χ3v) is 3.04. The van der Waals surface area contributed by atoms with Crippen LogP contribution in [0.4, 0.5) is 0 Å². The number of hydrogen-bond donors (Lipinski definition) is 2. The number of nitrogens with zero attached hydrogens (tertiary/aromatic N) is 1. The van der Waals surface area contributed by atoms with Gasteiger partial charge in [0.25, 0.3) is 5.91 Å². The first-order chi connectivity index (χ1) is 8.33. The van der Waals surface area contributed by atoms with Crippen LogP contribution < -0.4 is 5.32 Å². The van der Waals surface area contributed by atoms with Crippen LogP contribution in [-0.2, 0) is 4.79 Å². The second-order valence-corrected chi connectivity index (χ2v) is 5.37. The van der Waals surface area contributed by atoms with Gasteiger partial charge in [-0.2, -0.15) is 0 Å². The van der Waals surface area contributed by atoms with Gasteiger partial charge in [0.1, 0.15) is 4.60 Å². The number of halogens is 1. The van der Waals surface area contributed by atoms with Gasteiger partial charge in [-0.25, -0.2) is 4.98 Å². The molecule has 0 bridgehead atoms. The Morgan fingerprint density at radius 1 is 1.50 bits per heavy atom. The molecule has 18 heavy (non-hydrogen) atoms. The summed E-state index contributed by atoms with van der Waals surface area (Å²) in [6.45, 7) is 3.58. The van der Waals surface area contributed by atoms with E-state index in [1.165, 1.54) is 6.20 Å². The highest BCUT2D eigenvalue weighted by Crippen LogP contribution is 2.19. The number of carbonyl (C=O) groups excluding carboxylic acids is 1. The topological polar surface area (TPSA) is 79.3 Å². The molecule has 0 unspecified atom stereocenters. The minimum absolute atomic E-state index is 0.237. The highest BCUT2D eigenvalue weighted by atomic mass is 79.9. The largest absolute Gasteiger partial charge is 0.481 e. The van der Waals surface area contributed by atoms with Crippen molar-refractivity contribution in [3.05, 3.63) is 28.5 Å². The number of hydrogen-bond acceptors (Lipinski definition) is 3. The highest BCUT2D eigenvalue weighted by molar-refractivity contribution is 9.10. The van der Waals surface area contributed by atoms with Crippen molar-refractivity contribution >= 4 is 27.8 Å². The molecule has 5 nitrogen and oxygen atoms in total. The van der Waals surface area contributed by atoms with Gasteiger partial charge < -0.3 is 10.4 Å². The van der Waals surface area contributed by atoms with E-state index in [-0.39, 0.29) is 5.91 Å². The van der Waals surface area contributed by atoms with Crippen LogP contribution in [0.25, 0.3) is 0 Å². The van der Waals surface area contributed by atoms with E-state index >= 15 is 0 Å². The Morgan fingerprint density at radius 2 is 2.17 bits per heavy atom. The molecule has 0 spiro atoms. The van der Waals surface area contributed by atoms with Gasteiger partial charge in [-0.3, -0.25) is 9.59 Å². The molecular formula is C12H15BrN2O3. The predicted molar refractivity (Wildman–Crippen MR) is 70.3 cm³/mol. The maximum atomic E-state index is 11.7. The van der Waals surface area contributed by atoms with Crippen LogP contribution in [0.15, 0.2) is 22.9 Å².